The van der Waals surface area contributed by atoms with Gasteiger partial charge in [-0.1, -0.05) is 227 Å². The van der Waals surface area contributed by atoms with Crippen molar-refractivity contribution in [3.8, 4) is 0 Å². The van der Waals surface area contributed by atoms with Crippen LogP contribution in [0.25, 0.3) is 0 Å². The van der Waals surface area contributed by atoms with Crippen molar-refractivity contribution in [1.29, 1.82) is 0 Å². The lowest BCUT2D eigenvalue weighted by Gasteiger charge is -2.18. The number of ether oxygens (including phenoxy) is 3. The van der Waals surface area contributed by atoms with Crippen LogP contribution < -0.4 is 0 Å². The van der Waals surface area contributed by atoms with Crippen LogP contribution in [0.5, 0.6) is 0 Å². The van der Waals surface area contributed by atoms with Crippen LogP contribution in [0.3, 0.4) is 0 Å². The summed E-state index contributed by atoms with van der Waals surface area (Å²) in [5, 5.41) is 0. The summed E-state index contributed by atoms with van der Waals surface area (Å²) in [5.74, 6) is -0.975. The molecule has 0 aromatic carbocycles. The molecule has 0 fully saturated rings. The third kappa shape index (κ3) is 51.3. The van der Waals surface area contributed by atoms with Crippen LogP contribution in [-0.2, 0) is 28.6 Å². The highest BCUT2D eigenvalue weighted by atomic mass is 16.6. The second kappa shape index (κ2) is 53.9. The monoisotopic (exact) mass is 917 g/mol. The zero-order chi connectivity index (χ0) is 47.9. The molecule has 0 rings (SSSR count). The molecular weight excluding hydrogens is 817 g/mol. The normalized spacial score (nSPS) is 12.8. The van der Waals surface area contributed by atoms with E-state index in [4.69, 9.17) is 14.2 Å². The minimum atomic E-state index is -0.812. The summed E-state index contributed by atoms with van der Waals surface area (Å²) in [5.41, 5.74) is 0. The Bertz CT molecular complexity index is 1330. The molecule has 0 aliphatic rings. The molecule has 0 bridgehead atoms. The molecular formula is C60H100O6. The maximum atomic E-state index is 12.8. The molecule has 0 aromatic rings. The number of hydrogen-bond donors (Lipinski definition) is 0. The first-order valence-electron chi connectivity index (χ1n) is 27.2. The number of rotatable bonds is 48. The summed E-state index contributed by atoms with van der Waals surface area (Å²) in [6, 6.07) is 0. The van der Waals surface area contributed by atoms with E-state index in [-0.39, 0.29) is 37.5 Å². The van der Waals surface area contributed by atoms with Crippen LogP contribution in [0.1, 0.15) is 245 Å². The van der Waals surface area contributed by atoms with E-state index in [1.54, 1.807) is 0 Å². The Hall–Kier alpha value is -3.67. The molecule has 0 aliphatic heterocycles. The average Bonchev–Trinajstić information content (AvgIpc) is 3.31. The Morgan fingerprint density at radius 1 is 0.318 bits per heavy atom. The number of esters is 3. The Kier molecular flexibility index (Phi) is 50.9. The zero-order valence-electron chi connectivity index (χ0n) is 42.9. The fourth-order valence-electron chi connectivity index (χ4n) is 7.25. The maximum absolute atomic E-state index is 12.8. The van der Waals surface area contributed by atoms with Gasteiger partial charge in [0, 0.05) is 19.3 Å². The molecule has 0 aliphatic carbocycles. The quantitative estimate of drug-likeness (QED) is 0.0262. The van der Waals surface area contributed by atoms with Crippen molar-refractivity contribution in [3.05, 3.63) is 97.2 Å². The summed E-state index contributed by atoms with van der Waals surface area (Å²) in [7, 11) is 0. The first-order valence-corrected chi connectivity index (χ1v) is 27.2. The van der Waals surface area contributed by atoms with Crippen LogP contribution in [0, 0.1) is 0 Å². The lowest BCUT2D eigenvalue weighted by molar-refractivity contribution is -0.167. The molecule has 1 unspecified atom stereocenters. The van der Waals surface area contributed by atoms with Gasteiger partial charge in [0.25, 0.3) is 0 Å². The van der Waals surface area contributed by atoms with Gasteiger partial charge in [0.05, 0.1) is 0 Å². The van der Waals surface area contributed by atoms with E-state index in [0.29, 0.717) is 19.3 Å². The molecule has 6 nitrogen and oxygen atoms in total. The molecule has 0 spiro atoms. The van der Waals surface area contributed by atoms with Crippen molar-refractivity contribution in [2.24, 2.45) is 0 Å². The van der Waals surface area contributed by atoms with Crippen molar-refractivity contribution < 1.29 is 28.6 Å². The van der Waals surface area contributed by atoms with Gasteiger partial charge in [-0.15, -0.1) is 0 Å². The lowest BCUT2D eigenvalue weighted by Crippen LogP contribution is -2.30. The molecule has 0 saturated carbocycles. The molecule has 0 saturated heterocycles. The van der Waals surface area contributed by atoms with Crippen LogP contribution in [0.2, 0.25) is 0 Å². The molecule has 0 heterocycles. The maximum Gasteiger partial charge on any atom is 0.306 e. The molecule has 1 atom stereocenters. The van der Waals surface area contributed by atoms with Gasteiger partial charge in [-0.05, 0) is 96.3 Å². The fourth-order valence-corrected chi connectivity index (χ4v) is 7.25. The number of carbonyl (C=O) groups excluding carboxylic acids is 3. The van der Waals surface area contributed by atoms with Gasteiger partial charge in [-0.25, -0.2) is 0 Å². The van der Waals surface area contributed by atoms with E-state index in [9.17, 15) is 14.4 Å². The predicted molar refractivity (Wildman–Crippen MR) is 284 cm³/mol. The highest BCUT2D eigenvalue weighted by Crippen LogP contribution is 2.14. The summed E-state index contributed by atoms with van der Waals surface area (Å²) in [4.78, 5) is 38.0. The number of carbonyl (C=O) groups is 3. The van der Waals surface area contributed by atoms with E-state index in [2.05, 4.69) is 118 Å². The highest BCUT2D eigenvalue weighted by molar-refractivity contribution is 5.71. The number of allylic oxidation sites excluding steroid dienone is 16. The summed E-state index contributed by atoms with van der Waals surface area (Å²) >= 11 is 0. The van der Waals surface area contributed by atoms with Crippen molar-refractivity contribution in [2.45, 2.75) is 252 Å². The SMILES string of the molecule is CC/C=C\C/C=C\C/C=C\C/C=C\C/C=C\CCCC(=O)OC(COC(=O)CCCCCCCC/C=C\C/C=C\C/C=C\CCCCC)COC(=O)CCCCCCCCCCCCCC. The van der Waals surface area contributed by atoms with Crippen molar-refractivity contribution in [2.75, 3.05) is 13.2 Å². The Labute approximate surface area is 407 Å². The molecule has 66 heavy (non-hydrogen) atoms. The van der Waals surface area contributed by atoms with E-state index >= 15 is 0 Å². The minimum absolute atomic E-state index is 0.104. The Balaban J connectivity index is 4.48. The largest absolute Gasteiger partial charge is 0.462 e. The molecule has 376 valence electrons. The molecule has 0 N–H and O–H groups in total. The van der Waals surface area contributed by atoms with Crippen molar-refractivity contribution in [3.63, 3.8) is 0 Å². The molecule has 0 amide bonds. The predicted octanol–water partition coefficient (Wildman–Crippen LogP) is 18.1. The Morgan fingerprint density at radius 2 is 0.606 bits per heavy atom. The number of unbranched alkanes of at least 4 members (excludes halogenated alkanes) is 21. The van der Waals surface area contributed by atoms with Gasteiger partial charge < -0.3 is 14.2 Å². The van der Waals surface area contributed by atoms with Gasteiger partial charge >= 0.3 is 17.9 Å². The topological polar surface area (TPSA) is 78.9 Å². The first kappa shape index (κ1) is 62.3. The first-order chi connectivity index (χ1) is 32.5. The van der Waals surface area contributed by atoms with Gasteiger partial charge in [0.1, 0.15) is 13.2 Å². The van der Waals surface area contributed by atoms with Crippen molar-refractivity contribution in [1.82, 2.24) is 0 Å². The van der Waals surface area contributed by atoms with E-state index in [1.165, 1.54) is 96.3 Å². The zero-order valence-corrected chi connectivity index (χ0v) is 42.9. The van der Waals surface area contributed by atoms with Crippen LogP contribution in [-0.4, -0.2) is 37.2 Å². The minimum Gasteiger partial charge on any atom is -0.462 e. The third-order valence-corrected chi connectivity index (χ3v) is 11.3. The molecule has 6 heteroatoms. The van der Waals surface area contributed by atoms with Gasteiger partial charge in [0.15, 0.2) is 6.10 Å². The van der Waals surface area contributed by atoms with Crippen LogP contribution in [0.4, 0.5) is 0 Å². The second-order valence-corrected chi connectivity index (χ2v) is 17.8. The second-order valence-electron chi connectivity index (χ2n) is 17.8. The Morgan fingerprint density at radius 3 is 1.00 bits per heavy atom. The fraction of sp³-hybridized carbons (Fsp3) is 0.683. The summed E-state index contributed by atoms with van der Waals surface area (Å²) < 4.78 is 16.8. The van der Waals surface area contributed by atoms with Gasteiger partial charge in [-0.2, -0.15) is 0 Å². The lowest BCUT2D eigenvalue weighted by atomic mass is 10.0. The van der Waals surface area contributed by atoms with E-state index in [1.807, 2.05) is 0 Å². The smallest absolute Gasteiger partial charge is 0.306 e. The van der Waals surface area contributed by atoms with Crippen LogP contribution in [0.15, 0.2) is 97.2 Å². The highest BCUT2D eigenvalue weighted by Gasteiger charge is 2.19. The van der Waals surface area contributed by atoms with Crippen LogP contribution >= 0.6 is 0 Å². The van der Waals surface area contributed by atoms with Gasteiger partial charge in [0.2, 0.25) is 0 Å². The number of hydrogen-bond acceptors (Lipinski definition) is 6. The average molecular weight is 917 g/mol. The summed E-state index contributed by atoms with van der Waals surface area (Å²) in [6.45, 7) is 6.43. The standard InChI is InChI=1S/C60H100O6/c1-4-7-10-13-16-19-22-25-27-29-30-32-33-35-38-41-44-47-50-53-59(62)65-56-57(55-64-58(61)52-49-46-43-40-37-24-21-18-15-12-9-6-3)66-60(63)54-51-48-45-42-39-36-34-31-28-26-23-20-17-14-11-8-5-2/h8,11,16-17,19-20,25-28,30,32,34,36,42,45,57H,4-7,9-10,12-15,18,21-24,29,31,33,35,37-41,43-44,46-56H2,1-3H3/b11-8-,19-16-,20-17-,27-25-,28-26-,32-30-,36-34-,45-42-. The summed E-state index contributed by atoms with van der Waals surface area (Å²) in [6.07, 6.45) is 71.1. The molecule has 0 aromatic heterocycles. The van der Waals surface area contributed by atoms with E-state index in [0.717, 1.165) is 103 Å². The third-order valence-electron chi connectivity index (χ3n) is 11.3. The molecule has 0 radical (unpaired) electrons. The van der Waals surface area contributed by atoms with Crippen molar-refractivity contribution >= 4 is 17.9 Å². The van der Waals surface area contributed by atoms with E-state index < -0.39 is 6.10 Å². The van der Waals surface area contributed by atoms with Gasteiger partial charge in [-0.3, -0.25) is 14.4 Å².